The van der Waals surface area contributed by atoms with Crippen molar-refractivity contribution in [1.29, 1.82) is 0 Å². The molecule has 1 aromatic carbocycles. The molecule has 0 amide bonds. The van der Waals surface area contributed by atoms with Crippen molar-refractivity contribution in [3.63, 3.8) is 0 Å². The summed E-state index contributed by atoms with van der Waals surface area (Å²) in [7, 11) is 0. The van der Waals surface area contributed by atoms with Crippen LogP contribution in [0.2, 0.25) is 0 Å². The Hall–Kier alpha value is -2.84. The summed E-state index contributed by atoms with van der Waals surface area (Å²) < 4.78 is 13.3. The molecule has 0 saturated heterocycles. The molecule has 0 aliphatic heterocycles. The second kappa shape index (κ2) is 6.47. The first-order valence-corrected chi connectivity index (χ1v) is 8.82. The molecule has 4 rings (SSSR count). The molecule has 3 aromatic heterocycles. The fourth-order valence-corrected chi connectivity index (χ4v) is 3.95. The maximum atomic E-state index is 13.3. The molecule has 0 unspecified atom stereocenters. The lowest BCUT2D eigenvalue weighted by Gasteiger charge is -2.09. The number of hydrogen-bond donors (Lipinski definition) is 3. The number of aliphatic hydroxyl groups excluding tert-OH is 1. The number of thiophene rings is 1. The van der Waals surface area contributed by atoms with Gasteiger partial charge in [-0.1, -0.05) is 12.1 Å². The van der Waals surface area contributed by atoms with Gasteiger partial charge in [-0.2, -0.15) is 5.10 Å². The van der Waals surface area contributed by atoms with Crippen LogP contribution in [0.15, 0.2) is 30.3 Å². The minimum absolute atomic E-state index is 0.257. The standard InChI is InChI=1S/C18H16FN5OS/c1-9-7-13(24-23-9)20-17-16-15(11-3-5-12(19)6-4-11)10(2)26-18(16)22-14(8-25)21-17/h3-7,25H,8H2,1-2H3,(H2,20,21,22,23,24). The third-order valence-electron chi connectivity index (χ3n) is 4.00. The number of rotatable bonds is 4. The van der Waals surface area contributed by atoms with Gasteiger partial charge in [0.25, 0.3) is 0 Å². The van der Waals surface area contributed by atoms with E-state index in [0.717, 1.165) is 31.9 Å². The number of aromatic nitrogens is 4. The molecule has 0 radical (unpaired) electrons. The number of aryl methyl sites for hydroxylation is 2. The quantitative estimate of drug-likeness (QED) is 0.505. The number of hydrogen-bond acceptors (Lipinski definition) is 6. The normalized spacial score (nSPS) is 11.2. The van der Waals surface area contributed by atoms with Crippen molar-refractivity contribution < 1.29 is 9.50 Å². The van der Waals surface area contributed by atoms with Gasteiger partial charge in [0.2, 0.25) is 0 Å². The van der Waals surface area contributed by atoms with E-state index in [4.69, 9.17) is 0 Å². The first kappa shape index (κ1) is 16.6. The molecular weight excluding hydrogens is 353 g/mol. The topological polar surface area (TPSA) is 86.7 Å². The first-order valence-electron chi connectivity index (χ1n) is 8.01. The van der Waals surface area contributed by atoms with E-state index in [0.29, 0.717) is 17.5 Å². The van der Waals surface area contributed by atoms with Crippen LogP contribution in [0, 0.1) is 19.7 Å². The summed E-state index contributed by atoms with van der Waals surface area (Å²) in [6, 6.07) is 8.22. The average Bonchev–Trinajstić information content (AvgIpc) is 3.18. The molecule has 0 saturated carbocycles. The van der Waals surface area contributed by atoms with Crippen LogP contribution in [0.3, 0.4) is 0 Å². The zero-order chi connectivity index (χ0) is 18.3. The van der Waals surface area contributed by atoms with Gasteiger partial charge in [0.05, 0.1) is 5.39 Å². The number of fused-ring (bicyclic) bond motifs is 1. The zero-order valence-corrected chi connectivity index (χ0v) is 15.0. The van der Waals surface area contributed by atoms with Gasteiger partial charge in [0.15, 0.2) is 11.6 Å². The Bertz CT molecular complexity index is 1090. The van der Waals surface area contributed by atoms with Crippen molar-refractivity contribution in [3.8, 4) is 11.1 Å². The summed E-state index contributed by atoms with van der Waals surface area (Å²) in [6.45, 7) is 3.64. The Labute approximate surface area is 152 Å². The van der Waals surface area contributed by atoms with Crippen LogP contribution < -0.4 is 5.32 Å². The van der Waals surface area contributed by atoms with Gasteiger partial charge in [-0.3, -0.25) is 5.10 Å². The van der Waals surface area contributed by atoms with Gasteiger partial charge in [-0.15, -0.1) is 11.3 Å². The highest BCUT2D eigenvalue weighted by molar-refractivity contribution is 7.19. The molecule has 26 heavy (non-hydrogen) atoms. The lowest BCUT2D eigenvalue weighted by atomic mass is 10.0. The predicted molar refractivity (Wildman–Crippen MR) is 100 cm³/mol. The van der Waals surface area contributed by atoms with E-state index in [-0.39, 0.29) is 12.4 Å². The fourth-order valence-electron chi connectivity index (χ4n) is 2.88. The molecule has 0 fully saturated rings. The second-order valence-electron chi connectivity index (χ2n) is 5.93. The Kier molecular flexibility index (Phi) is 4.14. The minimum atomic E-state index is -0.282. The Morgan fingerprint density at radius 2 is 1.96 bits per heavy atom. The van der Waals surface area contributed by atoms with Crippen molar-refractivity contribution >= 4 is 33.2 Å². The van der Waals surface area contributed by atoms with E-state index >= 15 is 0 Å². The molecule has 0 bridgehead atoms. The van der Waals surface area contributed by atoms with Gasteiger partial charge in [-0.25, -0.2) is 14.4 Å². The third kappa shape index (κ3) is 2.93. The Morgan fingerprint density at radius 3 is 2.62 bits per heavy atom. The summed E-state index contributed by atoms with van der Waals surface area (Å²) in [6.07, 6.45) is 0. The maximum absolute atomic E-state index is 13.3. The fraction of sp³-hybridized carbons (Fsp3) is 0.167. The van der Waals surface area contributed by atoms with Gasteiger partial charge in [0.1, 0.15) is 23.1 Å². The number of H-pyrrole nitrogens is 1. The van der Waals surface area contributed by atoms with Crippen LogP contribution in [0.25, 0.3) is 21.3 Å². The number of halogens is 1. The monoisotopic (exact) mass is 369 g/mol. The molecule has 3 N–H and O–H groups in total. The number of nitrogens with one attached hydrogen (secondary N) is 2. The summed E-state index contributed by atoms with van der Waals surface area (Å²) in [5.74, 6) is 1.24. The molecular formula is C18H16FN5OS. The van der Waals surface area contributed by atoms with Crippen molar-refractivity contribution in [2.45, 2.75) is 20.5 Å². The van der Waals surface area contributed by atoms with E-state index in [1.54, 1.807) is 12.1 Å². The molecule has 0 spiro atoms. The molecule has 0 aliphatic rings. The molecule has 4 aromatic rings. The zero-order valence-electron chi connectivity index (χ0n) is 14.2. The van der Waals surface area contributed by atoms with Gasteiger partial charge < -0.3 is 10.4 Å². The predicted octanol–water partition coefficient (Wildman–Crippen LogP) is 4.07. The van der Waals surface area contributed by atoms with Crippen molar-refractivity contribution in [2.24, 2.45) is 0 Å². The molecule has 132 valence electrons. The van der Waals surface area contributed by atoms with Crippen LogP contribution in [0.4, 0.5) is 16.0 Å². The van der Waals surface area contributed by atoms with Crippen LogP contribution in [-0.4, -0.2) is 25.3 Å². The smallest absolute Gasteiger partial charge is 0.157 e. The van der Waals surface area contributed by atoms with Crippen LogP contribution in [-0.2, 0) is 6.61 Å². The summed E-state index contributed by atoms with van der Waals surface area (Å²) in [4.78, 5) is 10.7. The molecule has 3 heterocycles. The molecule has 6 nitrogen and oxygen atoms in total. The highest BCUT2D eigenvalue weighted by Crippen LogP contribution is 2.41. The second-order valence-corrected chi connectivity index (χ2v) is 7.13. The molecule has 0 aliphatic carbocycles. The summed E-state index contributed by atoms with van der Waals surface area (Å²) in [5, 5.41) is 20.6. The maximum Gasteiger partial charge on any atom is 0.157 e. The Balaban J connectivity index is 1.94. The van der Waals surface area contributed by atoms with Gasteiger partial charge >= 0.3 is 0 Å². The van der Waals surface area contributed by atoms with Crippen LogP contribution >= 0.6 is 11.3 Å². The number of aromatic amines is 1. The average molecular weight is 369 g/mol. The SMILES string of the molecule is Cc1cc(Nc2nc(CO)nc3sc(C)c(-c4ccc(F)cc4)c23)n[nH]1. The van der Waals surface area contributed by atoms with Crippen molar-refractivity contribution in [2.75, 3.05) is 5.32 Å². The number of nitrogens with zero attached hydrogens (tertiary/aromatic N) is 3. The third-order valence-corrected chi connectivity index (χ3v) is 5.00. The van der Waals surface area contributed by atoms with Crippen molar-refractivity contribution in [1.82, 2.24) is 20.2 Å². The molecule has 0 atom stereocenters. The lowest BCUT2D eigenvalue weighted by molar-refractivity contribution is 0.272. The highest BCUT2D eigenvalue weighted by atomic mass is 32.1. The van der Waals surface area contributed by atoms with E-state index in [1.165, 1.54) is 23.5 Å². The summed E-state index contributed by atoms with van der Waals surface area (Å²) in [5.41, 5.74) is 2.75. The van der Waals surface area contributed by atoms with E-state index in [2.05, 4.69) is 25.5 Å². The van der Waals surface area contributed by atoms with E-state index in [1.807, 2.05) is 19.9 Å². The van der Waals surface area contributed by atoms with Crippen LogP contribution in [0.1, 0.15) is 16.4 Å². The molecule has 8 heteroatoms. The number of anilines is 2. The number of benzene rings is 1. The van der Waals surface area contributed by atoms with Gasteiger partial charge in [-0.05, 0) is 31.5 Å². The number of aliphatic hydroxyl groups is 1. The van der Waals surface area contributed by atoms with Crippen molar-refractivity contribution in [3.05, 3.63) is 52.5 Å². The largest absolute Gasteiger partial charge is 0.388 e. The van der Waals surface area contributed by atoms with Gasteiger partial charge in [0, 0.05) is 22.2 Å². The summed E-state index contributed by atoms with van der Waals surface area (Å²) >= 11 is 1.51. The van der Waals surface area contributed by atoms with E-state index < -0.39 is 0 Å². The lowest BCUT2D eigenvalue weighted by Crippen LogP contribution is -2.01. The Morgan fingerprint density at radius 1 is 1.19 bits per heavy atom. The minimum Gasteiger partial charge on any atom is -0.388 e. The van der Waals surface area contributed by atoms with E-state index in [9.17, 15) is 9.50 Å². The first-order chi connectivity index (χ1) is 12.5. The van der Waals surface area contributed by atoms with Crippen LogP contribution in [0.5, 0.6) is 0 Å². The highest BCUT2D eigenvalue weighted by Gasteiger charge is 2.19.